The van der Waals surface area contributed by atoms with E-state index < -0.39 is 5.97 Å². The number of unbranched alkanes of at least 4 members (excludes halogenated alkanes) is 1. The first kappa shape index (κ1) is 15.2. The number of aliphatic carboxylic acids is 1. The first-order chi connectivity index (χ1) is 10.0. The lowest BCUT2D eigenvalue weighted by molar-refractivity contribution is -0.135. The van der Waals surface area contributed by atoms with Crippen molar-refractivity contribution in [3.05, 3.63) is 23.7 Å². The van der Waals surface area contributed by atoms with Gasteiger partial charge in [-0.05, 0) is 12.8 Å². The van der Waals surface area contributed by atoms with Crippen LogP contribution in [0.3, 0.4) is 0 Å². The number of thiocarbonyl (C=S) groups is 1. The standard InChI is InChI=1S/C13H16N4O3S/c1-2-3-4-8-5-9(18)11(12-15-7-16-17(8)12)13(21)14-6-10(19)20/h5,7,18H,2-4,6H2,1H3,(H,14,21)(H,19,20). The molecule has 2 aromatic heterocycles. The molecule has 0 fully saturated rings. The normalized spacial score (nSPS) is 10.7. The Morgan fingerprint density at radius 1 is 1.52 bits per heavy atom. The van der Waals surface area contributed by atoms with Crippen LogP contribution in [0.1, 0.15) is 31.0 Å². The molecule has 7 nitrogen and oxygen atoms in total. The third-order valence-electron chi connectivity index (χ3n) is 3.02. The molecule has 3 N–H and O–H groups in total. The predicted octanol–water partition coefficient (Wildman–Crippen LogP) is 1.13. The van der Waals surface area contributed by atoms with Crippen molar-refractivity contribution in [2.45, 2.75) is 26.2 Å². The largest absolute Gasteiger partial charge is 0.507 e. The highest BCUT2D eigenvalue weighted by Crippen LogP contribution is 2.24. The van der Waals surface area contributed by atoms with Crippen LogP contribution in [-0.4, -0.2) is 42.3 Å². The maximum absolute atomic E-state index is 10.6. The van der Waals surface area contributed by atoms with Crippen molar-refractivity contribution in [1.82, 2.24) is 19.9 Å². The number of nitrogens with one attached hydrogen (secondary N) is 1. The molecule has 0 atom stereocenters. The van der Waals surface area contributed by atoms with Gasteiger partial charge >= 0.3 is 5.97 Å². The summed E-state index contributed by atoms with van der Waals surface area (Å²) in [5.74, 6) is -1.06. The molecular formula is C13H16N4O3S. The molecule has 0 amide bonds. The number of pyridine rings is 1. The summed E-state index contributed by atoms with van der Waals surface area (Å²) in [7, 11) is 0. The van der Waals surface area contributed by atoms with Crippen LogP contribution < -0.4 is 5.32 Å². The lowest BCUT2D eigenvalue weighted by Crippen LogP contribution is -2.29. The van der Waals surface area contributed by atoms with Crippen LogP contribution in [0, 0.1) is 0 Å². The van der Waals surface area contributed by atoms with Crippen LogP contribution in [-0.2, 0) is 11.2 Å². The molecule has 0 saturated heterocycles. The molecule has 0 unspecified atom stereocenters. The van der Waals surface area contributed by atoms with E-state index in [-0.39, 0.29) is 17.3 Å². The molecule has 112 valence electrons. The predicted molar refractivity (Wildman–Crippen MR) is 80.6 cm³/mol. The molecule has 8 heteroatoms. The number of aryl methyl sites for hydroxylation is 1. The zero-order valence-electron chi connectivity index (χ0n) is 11.5. The molecular weight excluding hydrogens is 292 g/mol. The van der Waals surface area contributed by atoms with E-state index in [0.717, 1.165) is 25.0 Å². The molecule has 0 saturated carbocycles. The number of aromatic nitrogens is 3. The van der Waals surface area contributed by atoms with Gasteiger partial charge < -0.3 is 15.5 Å². The van der Waals surface area contributed by atoms with E-state index >= 15 is 0 Å². The second-order valence-electron chi connectivity index (χ2n) is 4.57. The highest BCUT2D eigenvalue weighted by atomic mass is 32.1. The number of fused-ring (bicyclic) bond motifs is 1. The van der Waals surface area contributed by atoms with Gasteiger partial charge in [0.05, 0.1) is 5.56 Å². The lowest BCUT2D eigenvalue weighted by Gasteiger charge is -2.12. The van der Waals surface area contributed by atoms with Crippen molar-refractivity contribution in [2.75, 3.05) is 6.54 Å². The van der Waals surface area contributed by atoms with Crippen LogP contribution in [0.25, 0.3) is 5.65 Å². The van der Waals surface area contributed by atoms with Crippen molar-refractivity contribution in [3.8, 4) is 5.75 Å². The van der Waals surface area contributed by atoms with Crippen molar-refractivity contribution in [1.29, 1.82) is 0 Å². The lowest BCUT2D eigenvalue weighted by atomic mass is 10.1. The first-order valence-electron chi connectivity index (χ1n) is 6.59. The average Bonchev–Trinajstić information content (AvgIpc) is 2.91. The van der Waals surface area contributed by atoms with Crippen LogP contribution >= 0.6 is 12.2 Å². The van der Waals surface area contributed by atoms with E-state index in [0.29, 0.717) is 11.2 Å². The molecule has 0 spiro atoms. The number of nitrogens with zero attached hydrogens (tertiary/aromatic N) is 3. The summed E-state index contributed by atoms with van der Waals surface area (Å²) in [5, 5.41) is 25.6. The van der Waals surface area contributed by atoms with Crippen molar-refractivity contribution in [3.63, 3.8) is 0 Å². The van der Waals surface area contributed by atoms with E-state index in [1.54, 1.807) is 10.6 Å². The molecule has 0 aliphatic carbocycles. The van der Waals surface area contributed by atoms with Gasteiger partial charge in [0.1, 0.15) is 23.6 Å². The van der Waals surface area contributed by atoms with Crippen LogP contribution in [0.4, 0.5) is 0 Å². The summed E-state index contributed by atoms with van der Waals surface area (Å²) in [4.78, 5) is 14.8. The van der Waals surface area contributed by atoms with Crippen LogP contribution in [0.2, 0.25) is 0 Å². The van der Waals surface area contributed by atoms with Gasteiger partial charge in [-0.15, -0.1) is 0 Å². The second-order valence-corrected chi connectivity index (χ2v) is 4.98. The summed E-state index contributed by atoms with van der Waals surface area (Å²) in [5.41, 5.74) is 1.56. The van der Waals surface area contributed by atoms with E-state index in [2.05, 4.69) is 22.3 Å². The molecule has 0 aliphatic rings. The highest BCUT2D eigenvalue weighted by Gasteiger charge is 2.17. The van der Waals surface area contributed by atoms with Gasteiger partial charge in [0.15, 0.2) is 5.65 Å². The highest BCUT2D eigenvalue weighted by molar-refractivity contribution is 7.80. The van der Waals surface area contributed by atoms with Crippen LogP contribution in [0.15, 0.2) is 12.4 Å². The molecule has 2 rings (SSSR count). The van der Waals surface area contributed by atoms with Gasteiger partial charge in [-0.1, -0.05) is 25.6 Å². The maximum Gasteiger partial charge on any atom is 0.322 e. The van der Waals surface area contributed by atoms with E-state index in [1.165, 1.54) is 6.33 Å². The van der Waals surface area contributed by atoms with Crippen molar-refractivity contribution < 1.29 is 15.0 Å². The fraction of sp³-hybridized carbons (Fsp3) is 0.385. The maximum atomic E-state index is 10.6. The Morgan fingerprint density at radius 2 is 2.29 bits per heavy atom. The number of carboxylic acids is 1. The zero-order chi connectivity index (χ0) is 15.4. The third-order valence-corrected chi connectivity index (χ3v) is 3.37. The van der Waals surface area contributed by atoms with E-state index in [9.17, 15) is 9.90 Å². The molecule has 2 aromatic rings. The minimum absolute atomic E-state index is 0.0236. The Kier molecular flexibility index (Phi) is 4.69. The van der Waals surface area contributed by atoms with E-state index in [1.807, 2.05) is 0 Å². The fourth-order valence-corrected chi connectivity index (χ4v) is 2.29. The minimum Gasteiger partial charge on any atom is -0.507 e. The molecule has 2 heterocycles. The first-order valence-corrected chi connectivity index (χ1v) is 7.00. The monoisotopic (exact) mass is 308 g/mol. The molecule has 0 aromatic carbocycles. The van der Waals surface area contributed by atoms with Gasteiger partial charge in [0.25, 0.3) is 0 Å². The third kappa shape index (κ3) is 3.27. The molecule has 0 aliphatic heterocycles. The Bertz CT molecular complexity index is 683. The fourth-order valence-electron chi connectivity index (χ4n) is 2.03. The van der Waals surface area contributed by atoms with Crippen LogP contribution in [0.5, 0.6) is 5.75 Å². The number of hydrogen-bond acceptors (Lipinski definition) is 5. The number of carbonyl (C=O) groups is 1. The molecule has 0 radical (unpaired) electrons. The van der Waals surface area contributed by atoms with Gasteiger partial charge in [-0.3, -0.25) is 4.79 Å². The number of rotatable bonds is 6. The molecule has 0 bridgehead atoms. The second kappa shape index (κ2) is 6.49. The van der Waals surface area contributed by atoms with Gasteiger partial charge in [-0.25, -0.2) is 9.50 Å². The SMILES string of the molecule is CCCCc1cc(O)c(C(=S)NCC(=O)O)c2ncnn12. The number of hydrogen-bond donors (Lipinski definition) is 3. The minimum atomic E-state index is -1.03. The molecule has 21 heavy (non-hydrogen) atoms. The summed E-state index contributed by atoms with van der Waals surface area (Å²) >= 11 is 5.14. The Morgan fingerprint density at radius 3 is 2.95 bits per heavy atom. The Balaban J connectivity index is 2.41. The van der Waals surface area contributed by atoms with Crippen molar-refractivity contribution in [2.24, 2.45) is 0 Å². The summed E-state index contributed by atoms with van der Waals surface area (Å²) in [6, 6.07) is 1.60. The van der Waals surface area contributed by atoms with Gasteiger partial charge in [0, 0.05) is 11.8 Å². The zero-order valence-corrected chi connectivity index (χ0v) is 12.4. The summed E-state index contributed by atoms with van der Waals surface area (Å²) in [6.45, 7) is 1.76. The van der Waals surface area contributed by atoms with Gasteiger partial charge in [0.2, 0.25) is 0 Å². The smallest absolute Gasteiger partial charge is 0.322 e. The topological polar surface area (TPSA) is 99.8 Å². The van der Waals surface area contributed by atoms with E-state index in [4.69, 9.17) is 17.3 Å². The number of aromatic hydroxyl groups is 1. The average molecular weight is 308 g/mol. The summed E-state index contributed by atoms with van der Waals surface area (Å²) < 4.78 is 1.62. The quantitative estimate of drug-likeness (QED) is 0.688. The Hall–Kier alpha value is -2.22. The van der Waals surface area contributed by atoms with Gasteiger partial charge in [-0.2, -0.15) is 5.10 Å². The summed E-state index contributed by atoms with van der Waals surface area (Å²) in [6.07, 6.45) is 4.14. The number of carboxylic acid groups (broad SMARTS) is 1. The Labute approximate surface area is 126 Å². The van der Waals surface area contributed by atoms with Crippen molar-refractivity contribution >= 4 is 28.8 Å².